The predicted octanol–water partition coefficient (Wildman–Crippen LogP) is 0.587. The monoisotopic (exact) mass is 239 g/mol. The SMILES string of the molecule is CCNCCC(=O)NCC1CCN(C2CC2)C1. The Morgan fingerprint density at radius 2 is 2.18 bits per heavy atom. The first-order valence-electron chi connectivity index (χ1n) is 7.01. The second-order valence-corrected chi connectivity index (χ2v) is 5.29. The number of rotatable bonds is 7. The van der Waals surface area contributed by atoms with Gasteiger partial charge in [0.05, 0.1) is 0 Å². The molecule has 0 spiro atoms. The van der Waals surface area contributed by atoms with E-state index < -0.39 is 0 Å². The fraction of sp³-hybridized carbons (Fsp3) is 0.923. The molecule has 1 unspecified atom stereocenters. The van der Waals surface area contributed by atoms with Crippen molar-refractivity contribution in [3.8, 4) is 0 Å². The first-order valence-corrected chi connectivity index (χ1v) is 7.01. The van der Waals surface area contributed by atoms with Gasteiger partial charge in [-0.25, -0.2) is 0 Å². The van der Waals surface area contributed by atoms with Crippen LogP contribution in [0.25, 0.3) is 0 Å². The van der Waals surface area contributed by atoms with Gasteiger partial charge in [0.25, 0.3) is 0 Å². The van der Waals surface area contributed by atoms with Crippen LogP contribution in [0, 0.1) is 5.92 Å². The molecular formula is C13H25N3O. The van der Waals surface area contributed by atoms with Gasteiger partial charge in [-0.15, -0.1) is 0 Å². The molecule has 4 heteroatoms. The molecule has 1 aliphatic carbocycles. The van der Waals surface area contributed by atoms with Crippen molar-refractivity contribution >= 4 is 5.91 Å². The lowest BCUT2D eigenvalue weighted by molar-refractivity contribution is -0.121. The average Bonchev–Trinajstić information content (AvgIpc) is 3.07. The van der Waals surface area contributed by atoms with Crippen molar-refractivity contribution in [2.24, 2.45) is 5.92 Å². The summed E-state index contributed by atoms with van der Waals surface area (Å²) in [7, 11) is 0. The molecule has 1 atom stereocenters. The number of nitrogens with one attached hydrogen (secondary N) is 2. The zero-order valence-electron chi connectivity index (χ0n) is 10.9. The van der Waals surface area contributed by atoms with Crippen LogP contribution in [0.5, 0.6) is 0 Å². The molecule has 1 heterocycles. The zero-order valence-corrected chi connectivity index (χ0v) is 10.9. The first kappa shape index (κ1) is 12.8. The van der Waals surface area contributed by atoms with Crippen molar-refractivity contribution in [1.82, 2.24) is 15.5 Å². The molecule has 2 N–H and O–H groups in total. The summed E-state index contributed by atoms with van der Waals surface area (Å²) in [5, 5.41) is 6.23. The quantitative estimate of drug-likeness (QED) is 0.639. The summed E-state index contributed by atoms with van der Waals surface area (Å²) in [5.74, 6) is 0.870. The Bertz CT molecular complexity index is 253. The number of nitrogens with zero attached hydrogens (tertiary/aromatic N) is 1. The zero-order chi connectivity index (χ0) is 12.1. The molecule has 98 valence electrons. The molecule has 0 aromatic carbocycles. The smallest absolute Gasteiger partial charge is 0.221 e. The van der Waals surface area contributed by atoms with Crippen LogP contribution >= 0.6 is 0 Å². The highest BCUT2D eigenvalue weighted by Gasteiger charge is 2.34. The Kier molecular flexibility index (Phi) is 4.80. The lowest BCUT2D eigenvalue weighted by Gasteiger charge is -2.15. The maximum Gasteiger partial charge on any atom is 0.221 e. The van der Waals surface area contributed by atoms with Crippen molar-refractivity contribution in [2.45, 2.75) is 38.6 Å². The molecule has 17 heavy (non-hydrogen) atoms. The minimum absolute atomic E-state index is 0.191. The number of amides is 1. The fourth-order valence-electron chi connectivity index (χ4n) is 2.53. The van der Waals surface area contributed by atoms with E-state index >= 15 is 0 Å². The molecule has 2 rings (SSSR count). The third kappa shape index (κ3) is 4.28. The molecule has 0 aromatic heterocycles. The third-order valence-corrected chi connectivity index (χ3v) is 3.75. The fourth-order valence-corrected chi connectivity index (χ4v) is 2.53. The minimum Gasteiger partial charge on any atom is -0.356 e. The van der Waals surface area contributed by atoms with E-state index in [-0.39, 0.29) is 5.91 Å². The Balaban J connectivity index is 1.54. The van der Waals surface area contributed by atoms with Crippen LogP contribution in [0.2, 0.25) is 0 Å². The molecule has 2 aliphatic rings. The van der Waals surface area contributed by atoms with Gasteiger partial charge in [-0.3, -0.25) is 4.79 Å². The van der Waals surface area contributed by atoms with Crippen LogP contribution in [-0.2, 0) is 4.79 Å². The van der Waals surface area contributed by atoms with E-state index in [1.165, 1.54) is 32.4 Å². The third-order valence-electron chi connectivity index (χ3n) is 3.75. The van der Waals surface area contributed by atoms with Crippen LogP contribution < -0.4 is 10.6 Å². The van der Waals surface area contributed by atoms with E-state index in [9.17, 15) is 4.79 Å². The van der Waals surface area contributed by atoms with Crippen molar-refractivity contribution in [2.75, 3.05) is 32.7 Å². The second kappa shape index (κ2) is 6.36. The van der Waals surface area contributed by atoms with E-state index in [0.717, 1.165) is 25.7 Å². The van der Waals surface area contributed by atoms with Crippen LogP contribution in [-0.4, -0.2) is 49.6 Å². The molecule has 0 bridgehead atoms. The number of hydrogen-bond donors (Lipinski definition) is 2. The molecule has 4 nitrogen and oxygen atoms in total. The van der Waals surface area contributed by atoms with Gasteiger partial charge in [-0.2, -0.15) is 0 Å². The van der Waals surface area contributed by atoms with Gasteiger partial charge >= 0.3 is 0 Å². The van der Waals surface area contributed by atoms with Crippen molar-refractivity contribution in [3.05, 3.63) is 0 Å². The topological polar surface area (TPSA) is 44.4 Å². The highest BCUT2D eigenvalue weighted by Crippen LogP contribution is 2.31. The molecule has 2 fully saturated rings. The normalized spacial score (nSPS) is 25.1. The standard InChI is InChI=1S/C13H25N3O/c1-2-14-7-5-13(17)15-9-11-6-8-16(10-11)12-3-4-12/h11-12,14H,2-10H2,1H3,(H,15,17). The lowest BCUT2D eigenvalue weighted by Crippen LogP contribution is -2.33. The Hall–Kier alpha value is -0.610. The van der Waals surface area contributed by atoms with Gasteiger partial charge < -0.3 is 15.5 Å². The Labute approximate surface area is 104 Å². The predicted molar refractivity (Wildman–Crippen MR) is 68.9 cm³/mol. The maximum atomic E-state index is 11.5. The molecule has 1 aliphatic heterocycles. The summed E-state index contributed by atoms with van der Waals surface area (Å²) in [5.41, 5.74) is 0. The van der Waals surface area contributed by atoms with Gasteiger partial charge in [-0.05, 0) is 38.3 Å². The highest BCUT2D eigenvalue weighted by atomic mass is 16.1. The molecule has 1 amide bonds. The summed E-state index contributed by atoms with van der Waals surface area (Å²) in [6, 6.07) is 0.879. The van der Waals surface area contributed by atoms with E-state index in [0.29, 0.717) is 12.3 Å². The number of likely N-dealkylation sites (tertiary alicyclic amines) is 1. The highest BCUT2D eigenvalue weighted by molar-refractivity contribution is 5.76. The number of carbonyl (C=O) groups is 1. The number of hydrogen-bond acceptors (Lipinski definition) is 3. The van der Waals surface area contributed by atoms with Crippen molar-refractivity contribution in [1.29, 1.82) is 0 Å². The van der Waals surface area contributed by atoms with E-state index in [1.54, 1.807) is 0 Å². The minimum atomic E-state index is 0.191. The van der Waals surface area contributed by atoms with Gasteiger partial charge in [0.1, 0.15) is 0 Å². The van der Waals surface area contributed by atoms with E-state index in [2.05, 4.69) is 22.5 Å². The Morgan fingerprint density at radius 1 is 1.35 bits per heavy atom. The second-order valence-electron chi connectivity index (χ2n) is 5.29. The summed E-state index contributed by atoms with van der Waals surface area (Å²) < 4.78 is 0. The Morgan fingerprint density at radius 3 is 2.88 bits per heavy atom. The van der Waals surface area contributed by atoms with Gasteiger partial charge in [0, 0.05) is 32.1 Å². The molecule has 1 saturated carbocycles. The largest absolute Gasteiger partial charge is 0.356 e. The van der Waals surface area contributed by atoms with E-state index in [4.69, 9.17) is 0 Å². The van der Waals surface area contributed by atoms with Crippen LogP contribution in [0.4, 0.5) is 0 Å². The van der Waals surface area contributed by atoms with Gasteiger partial charge in [0.2, 0.25) is 5.91 Å². The van der Waals surface area contributed by atoms with Crippen molar-refractivity contribution < 1.29 is 4.79 Å². The summed E-state index contributed by atoms with van der Waals surface area (Å²) in [6.45, 7) is 7.09. The number of carbonyl (C=O) groups excluding carboxylic acids is 1. The average molecular weight is 239 g/mol. The lowest BCUT2D eigenvalue weighted by atomic mass is 10.1. The summed E-state index contributed by atoms with van der Waals surface area (Å²) >= 11 is 0. The maximum absolute atomic E-state index is 11.5. The molecule has 1 saturated heterocycles. The molecular weight excluding hydrogens is 214 g/mol. The summed E-state index contributed by atoms with van der Waals surface area (Å²) in [6.07, 6.45) is 4.64. The van der Waals surface area contributed by atoms with Gasteiger partial charge in [-0.1, -0.05) is 6.92 Å². The molecule has 0 aromatic rings. The summed E-state index contributed by atoms with van der Waals surface area (Å²) in [4.78, 5) is 14.1. The van der Waals surface area contributed by atoms with Gasteiger partial charge in [0.15, 0.2) is 0 Å². The van der Waals surface area contributed by atoms with Crippen LogP contribution in [0.3, 0.4) is 0 Å². The van der Waals surface area contributed by atoms with E-state index in [1.807, 2.05) is 0 Å². The first-order chi connectivity index (χ1) is 8.29. The van der Waals surface area contributed by atoms with Crippen LogP contribution in [0.15, 0.2) is 0 Å². The van der Waals surface area contributed by atoms with Crippen molar-refractivity contribution in [3.63, 3.8) is 0 Å². The van der Waals surface area contributed by atoms with Crippen LogP contribution in [0.1, 0.15) is 32.6 Å². The molecule has 0 radical (unpaired) electrons.